The molecule has 0 bridgehead atoms. The summed E-state index contributed by atoms with van der Waals surface area (Å²) in [5.74, 6) is 2.74. The van der Waals surface area contributed by atoms with Gasteiger partial charge in [-0.15, -0.1) is 11.8 Å². The summed E-state index contributed by atoms with van der Waals surface area (Å²) in [6, 6.07) is 16.7. The Balaban J connectivity index is 1.32. The van der Waals surface area contributed by atoms with Gasteiger partial charge in [-0.05, 0) is 55.3 Å². The largest absolute Gasteiger partial charge is 0.468 e. The maximum atomic E-state index is 11.6. The zero-order chi connectivity index (χ0) is 22.9. The van der Waals surface area contributed by atoms with E-state index in [1.165, 1.54) is 23.1 Å². The number of thioether (sulfide) groups is 1. The minimum atomic E-state index is -0.248. The van der Waals surface area contributed by atoms with E-state index in [-0.39, 0.29) is 12.5 Å². The van der Waals surface area contributed by atoms with Crippen LogP contribution in [0.5, 0.6) is 0 Å². The first-order valence-electron chi connectivity index (χ1n) is 11.1. The van der Waals surface area contributed by atoms with E-state index in [1.54, 1.807) is 0 Å². The minimum absolute atomic E-state index is 0.224. The molecule has 0 radical (unpaired) electrons. The lowest BCUT2D eigenvalue weighted by molar-refractivity contribution is -0.141. The van der Waals surface area contributed by atoms with E-state index in [2.05, 4.69) is 50.3 Å². The van der Waals surface area contributed by atoms with Crippen LogP contribution in [0.3, 0.4) is 0 Å². The van der Waals surface area contributed by atoms with Gasteiger partial charge < -0.3 is 13.7 Å². The van der Waals surface area contributed by atoms with Gasteiger partial charge in [-0.25, -0.2) is 4.98 Å². The average Bonchev–Trinajstić information content (AvgIpc) is 3.40. The molecule has 4 aromatic rings. The van der Waals surface area contributed by atoms with Gasteiger partial charge >= 0.3 is 5.97 Å². The summed E-state index contributed by atoms with van der Waals surface area (Å²) < 4.78 is 12.8. The Labute approximate surface area is 197 Å². The molecule has 0 N–H and O–H groups in total. The second-order valence-corrected chi connectivity index (χ2v) is 9.60. The van der Waals surface area contributed by atoms with Crippen molar-refractivity contribution in [2.45, 2.75) is 31.7 Å². The van der Waals surface area contributed by atoms with Crippen LogP contribution in [0.25, 0.3) is 28.4 Å². The third-order valence-corrected chi connectivity index (χ3v) is 7.18. The molecule has 33 heavy (non-hydrogen) atoms. The molecular formula is C27H26N2O3S. The highest BCUT2D eigenvalue weighted by Gasteiger charge is 2.23. The van der Waals surface area contributed by atoms with Crippen LogP contribution in [0.15, 0.2) is 69.6 Å². The number of methoxy groups -OCH3 is 1. The number of esters is 1. The number of nitrogens with zero attached hydrogens (tertiary/aromatic N) is 2. The molecule has 0 spiro atoms. The molecule has 168 valence electrons. The molecule has 2 aromatic carbocycles. The monoisotopic (exact) mass is 458 g/mol. The van der Waals surface area contributed by atoms with Crippen molar-refractivity contribution in [2.24, 2.45) is 5.92 Å². The number of carbonyl (C=O) groups excluding carboxylic acids is 1. The molecule has 0 aliphatic heterocycles. The molecule has 2 heterocycles. The molecule has 1 atom stereocenters. The lowest BCUT2D eigenvalue weighted by Crippen LogP contribution is -2.10. The standard InChI is InChI=1S/C27H26N2O3S/c1-17-5-4-6-20(11-17)27-28-23-14-21(18(2)12-25(23)32-27)16-33-22-7-8-24-19(13-22)9-10-29(24)15-26(30)31-3/h4-11,13-14,18H,12,15-16H2,1-3H3. The van der Waals surface area contributed by atoms with Gasteiger partial charge in [0.2, 0.25) is 5.89 Å². The first kappa shape index (κ1) is 21.6. The molecule has 0 saturated carbocycles. The molecule has 1 aliphatic rings. The zero-order valence-electron chi connectivity index (χ0n) is 19.0. The van der Waals surface area contributed by atoms with Gasteiger partial charge in [0.05, 0.1) is 7.11 Å². The van der Waals surface area contributed by atoms with Crippen LogP contribution < -0.4 is 0 Å². The summed E-state index contributed by atoms with van der Waals surface area (Å²) in [6.45, 7) is 4.55. The maximum absolute atomic E-state index is 11.6. The van der Waals surface area contributed by atoms with Crippen LogP contribution in [-0.4, -0.2) is 28.4 Å². The fourth-order valence-corrected chi connectivity index (χ4v) is 5.29. The van der Waals surface area contributed by atoms with Gasteiger partial charge in [-0.3, -0.25) is 4.79 Å². The first-order valence-corrected chi connectivity index (χ1v) is 12.0. The van der Waals surface area contributed by atoms with Gasteiger partial charge in [0.1, 0.15) is 18.0 Å². The Bertz CT molecular complexity index is 1360. The van der Waals surface area contributed by atoms with Crippen LogP contribution in [0, 0.1) is 12.8 Å². The molecule has 2 aromatic heterocycles. The fourth-order valence-electron chi connectivity index (χ4n) is 4.21. The van der Waals surface area contributed by atoms with Crippen molar-refractivity contribution in [3.63, 3.8) is 0 Å². The highest BCUT2D eigenvalue weighted by atomic mass is 32.2. The summed E-state index contributed by atoms with van der Waals surface area (Å²) >= 11 is 1.83. The van der Waals surface area contributed by atoms with E-state index in [4.69, 9.17) is 14.1 Å². The molecule has 0 fully saturated rings. The van der Waals surface area contributed by atoms with Crippen molar-refractivity contribution in [2.75, 3.05) is 12.9 Å². The molecule has 6 heteroatoms. The van der Waals surface area contributed by atoms with Gasteiger partial charge in [-0.2, -0.15) is 0 Å². The Morgan fingerprint density at radius 2 is 2.12 bits per heavy atom. The van der Waals surface area contributed by atoms with Gasteiger partial charge in [0.25, 0.3) is 0 Å². The molecule has 5 nitrogen and oxygen atoms in total. The molecular weight excluding hydrogens is 432 g/mol. The number of oxazole rings is 1. The molecule has 5 rings (SSSR count). The average molecular weight is 459 g/mol. The molecule has 1 aliphatic carbocycles. The summed E-state index contributed by atoms with van der Waals surface area (Å²) in [5, 5.41) is 1.12. The Morgan fingerprint density at radius 1 is 1.24 bits per heavy atom. The predicted octanol–water partition coefficient (Wildman–Crippen LogP) is 6.15. The Hall–Kier alpha value is -3.25. The second kappa shape index (κ2) is 8.94. The van der Waals surface area contributed by atoms with Crippen LogP contribution in [0.1, 0.15) is 23.9 Å². The number of hydrogen-bond donors (Lipinski definition) is 0. The highest BCUT2D eigenvalue weighted by molar-refractivity contribution is 7.99. The van der Waals surface area contributed by atoms with E-state index in [0.29, 0.717) is 11.8 Å². The molecule has 0 saturated heterocycles. The van der Waals surface area contributed by atoms with E-state index in [0.717, 1.165) is 40.1 Å². The number of aromatic nitrogens is 2. The van der Waals surface area contributed by atoms with Crippen molar-refractivity contribution in [1.29, 1.82) is 0 Å². The lowest BCUT2D eigenvalue weighted by atomic mass is 9.91. The minimum Gasteiger partial charge on any atom is -0.468 e. The summed E-state index contributed by atoms with van der Waals surface area (Å²) in [4.78, 5) is 17.6. The smallest absolute Gasteiger partial charge is 0.325 e. The molecule has 0 amide bonds. The van der Waals surface area contributed by atoms with Crippen molar-refractivity contribution < 1.29 is 13.9 Å². The van der Waals surface area contributed by atoms with Crippen molar-refractivity contribution >= 4 is 34.7 Å². The topological polar surface area (TPSA) is 57.3 Å². The van der Waals surface area contributed by atoms with Gasteiger partial charge in [0, 0.05) is 39.7 Å². The normalized spacial score (nSPS) is 15.4. The SMILES string of the molecule is COC(=O)Cn1ccc2cc(SCC3=Cc4nc(-c5cccc(C)c5)oc4CC3C)ccc21. The van der Waals surface area contributed by atoms with Crippen LogP contribution >= 0.6 is 11.8 Å². The maximum Gasteiger partial charge on any atom is 0.325 e. The highest BCUT2D eigenvalue weighted by Crippen LogP contribution is 2.35. The number of benzene rings is 2. The quantitative estimate of drug-likeness (QED) is 0.256. The third-order valence-electron chi connectivity index (χ3n) is 6.11. The summed E-state index contributed by atoms with van der Waals surface area (Å²) in [7, 11) is 1.41. The van der Waals surface area contributed by atoms with E-state index >= 15 is 0 Å². The number of ether oxygens (including phenoxy) is 1. The van der Waals surface area contributed by atoms with Crippen LogP contribution in [-0.2, 0) is 22.5 Å². The second-order valence-electron chi connectivity index (χ2n) is 8.55. The van der Waals surface area contributed by atoms with E-state index in [9.17, 15) is 4.79 Å². The Morgan fingerprint density at radius 3 is 2.94 bits per heavy atom. The zero-order valence-corrected chi connectivity index (χ0v) is 19.8. The van der Waals surface area contributed by atoms with E-state index in [1.807, 2.05) is 40.7 Å². The third kappa shape index (κ3) is 4.48. The summed E-state index contributed by atoms with van der Waals surface area (Å²) in [5.41, 5.74) is 5.58. The number of rotatable bonds is 6. The van der Waals surface area contributed by atoms with Crippen molar-refractivity contribution in [1.82, 2.24) is 9.55 Å². The van der Waals surface area contributed by atoms with Gasteiger partial charge in [-0.1, -0.05) is 30.2 Å². The lowest BCUT2D eigenvalue weighted by Gasteiger charge is -2.19. The number of carbonyl (C=O) groups is 1. The van der Waals surface area contributed by atoms with Crippen LogP contribution in [0.2, 0.25) is 0 Å². The number of aryl methyl sites for hydroxylation is 1. The fraction of sp³-hybridized carbons (Fsp3) is 0.259. The van der Waals surface area contributed by atoms with Gasteiger partial charge in [0.15, 0.2) is 0 Å². The van der Waals surface area contributed by atoms with E-state index < -0.39 is 0 Å². The van der Waals surface area contributed by atoms with Crippen molar-refractivity contribution in [3.8, 4) is 11.5 Å². The predicted molar refractivity (Wildman–Crippen MR) is 132 cm³/mol. The Kier molecular flexibility index (Phi) is 5.85. The van der Waals surface area contributed by atoms with Crippen LogP contribution in [0.4, 0.5) is 0 Å². The van der Waals surface area contributed by atoms with Crippen molar-refractivity contribution in [3.05, 3.63) is 77.3 Å². The molecule has 1 unspecified atom stereocenters. The number of hydrogen-bond acceptors (Lipinski definition) is 5. The summed E-state index contributed by atoms with van der Waals surface area (Å²) in [6.07, 6.45) is 5.00. The first-order chi connectivity index (χ1) is 16.0. The number of fused-ring (bicyclic) bond motifs is 2.